The van der Waals surface area contributed by atoms with E-state index in [1.807, 2.05) is 4.90 Å². The van der Waals surface area contributed by atoms with Crippen molar-refractivity contribution >= 4 is 5.91 Å². The van der Waals surface area contributed by atoms with Gasteiger partial charge in [-0.05, 0) is 68.8 Å². The number of rotatable bonds is 6. The normalized spacial score (nSPS) is 15.0. The molecular formula is C24H26F2N4O2. The van der Waals surface area contributed by atoms with Crippen LogP contribution in [0.4, 0.5) is 8.78 Å². The Bertz CT molecular complexity index is 1070. The van der Waals surface area contributed by atoms with Crippen molar-refractivity contribution < 1.29 is 18.1 Å². The summed E-state index contributed by atoms with van der Waals surface area (Å²) in [6, 6.07) is 10.6. The molecule has 0 bridgehead atoms. The number of carbonyl (C=O) groups excluding carboxylic acids is 1. The molecule has 1 aromatic heterocycles. The molecule has 8 heteroatoms. The maximum atomic E-state index is 13.8. The third-order valence-electron chi connectivity index (χ3n) is 5.73. The average molecular weight is 440 g/mol. The van der Waals surface area contributed by atoms with Gasteiger partial charge in [-0.3, -0.25) is 4.79 Å². The van der Waals surface area contributed by atoms with E-state index in [0.717, 1.165) is 32.5 Å². The first-order valence-corrected chi connectivity index (χ1v) is 10.9. The van der Waals surface area contributed by atoms with E-state index in [0.29, 0.717) is 47.9 Å². The Labute approximate surface area is 185 Å². The highest BCUT2D eigenvalue weighted by Crippen LogP contribution is 2.19. The minimum Gasteiger partial charge on any atom is -0.339 e. The fourth-order valence-corrected chi connectivity index (χ4v) is 3.83. The van der Waals surface area contributed by atoms with Crippen molar-refractivity contribution in [1.29, 1.82) is 0 Å². The van der Waals surface area contributed by atoms with Gasteiger partial charge in [0.2, 0.25) is 11.7 Å². The molecule has 0 radical (unpaired) electrons. The zero-order valence-corrected chi connectivity index (χ0v) is 18.1. The van der Waals surface area contributed by atoms with Gasteiger partial charge in [-0.15, -0.1) is 0 Å². The predicted octanol–water partition coefficient (Wildman–Crippen LogP) is 4.10. The molecule has 1 amide bonds. The summed E-state index contributed by atoms with van der Waals surface area (Å²) in [5.41, 5.74) is 1.69. The van der Waals surface area contributed by atoms with Crippen LogP contribution in [0.2, 0.25) is 0 Å². The summed E-state index contributed by atoms with van der Waals surface area (Å²) in [6.07, 6.45) is 2.36. The van der Waals surface area contributed by atoms with E-state index in [1.165, 1.54) is 30.3 Å². The highest BCUT2D eigenvalue weighted by atomic mass is 19.1. The van der Waals surface area contributed by atoms with Gasteiger partial charge in [0.1, 0.15) is 11.6 Å². The summed E-state index contributed by atoms with van der Waals surface area (Å²) < 4.78 is 32.2. The summed E-state index contributed by atoms with van der Waals surface area (Å²) >= 11 is 0. The van der Waals surface area contributed by atoms with Crippen molar-refractivity contribution in [3.63, 3.8) is 0 Å². The van der Waals surface area contributed by atoms with Crippen LogP contribution in [0, 0.1) is 18.6 Å². The van der Waals surface area contributed by atoms with Crippen molar-refractivity contribution in [1.82, 2.24) is 19.9 Å². The molecule has 2 aromatic carbocycles. The van der Waals surface area contributed by atoms with E-state index in [1.54, 1.807) is 19.1 Å². The lowest BCUT2D eigenvalue weighted by atomic mass is 10.1. The number of benzene rings is 2. The van der Waals surface area contributed by atoms with Gasteiger partial charge in [-0.25, -0.2) is 8.78 Å². The van der Waals surface area contributed by atoms with E-state index in [-0.39, 0.29) is 17.5 Å². The van der Waals surface area contributed by atoms with Gasteiger partial charge in [0, 0.05) is 37.2 Å². The molecule has 1 fully saturated rings. The minimum absolute atomic E-state index is 0.0576. The van der Waals surface area contributed by atoms with Crippen LogP contribution >= 0.6 is 0 Å². The smallest absolute Gasteiger partial charge is 0.253 e. The molecule has 2 heterocycles. The zero-order chi connectivity index (χ0) is 22.5. The van der Waals surface area contributed by atoms with Gasteiger partial charge in [0.25, 0.3) is 5.91 Å². The van der Waals surface area contributed by atoms with Crippen LogP contribution in [0.25, 0.3) is 11.4 Å². The SMILES string of the molecule is Cc1ccc(-c2noc(CCCN3CCCN(C(=O)c4ccc(F)cc4)CC3)n2)cc1F. The number of hydrogen-bond donors (Lipinski definition) is 0. The second-order valence-corrected chi connectivity index (χ2v) is 8.07. The number of aryl methyl sites for hydroxylation is 2. The standard InChI is InChI=1S/C24H26F2N4O2/c1-17-5-6-19(16-21(17)26)23-27-22(32-28-23)4-2-11-29-12-3-13-30(15-14-29)24(31)18-7-9-20(25)10-8-18/h5-10,16H,2-4,11-15H2,1H3. The molecule has 0 aliphatic carbocycles. The van der Waals surface area contributed by atoms with E-state index < -0.39 is 0 Å². The van der Waals surface area contributed by atoms with Crippen molar-refractivity contribution in [2.24, 2.45) is 0 Å². The second kappa shape index (κ2) is 9.99. The quantitative estimate of drug-likeness (QED) is 0.578. The van der Waals surface area contributed by atoms with Crippen LogP contribution in [0.15, 0.2) is 47.0 Å². The molecule has 0 spiro atoms. The van der Waals surface area contributed by atoms with E-state index in [2.05, 4.69) is 15.0 Å². The lowest BCUT2D eigenvalue weighted by Gasteiger charge is -2.22. The molecule has 0 N–H and O–H groups in total. The second-order valence-electron chi connectivity index (χ2n) is 8.07. The van der Waals surface area contributed by atoms with Crippen LogP contribution in [0.3, 0.4) is 0 Å². The Kier molecular flexibility index (Phi) is 6.90. The van der Waals surface area contributed by atoms with E-state index in [4.69, 9.17) is 4.52 Å². The molecule has 1 saturated heterocycles. The van der Waals surface area contributed by atoms with Gasteiger partial charge >= 0.3 is 0 Å². The maximum absolute atomic E-state index is 13.8. The largest absolute Gasteiger partial charge is 0.339 e. The van der Waals surface area contributed by atoms with Gasteiger partial charge in [-0.1, -0.05) is 17.3 Å². The van der Waals surface area contributed by atoms with Crippen molar-refractivity contribution in [3.05, 3.63) is 71.1 Å². The third-order valence-corrected chi connectivity index (χ3v) is 5.73. The predicted molar refractivity (Wildman–Crippen MR) is 116 cm³/mol. The van der Waals surface area contributed by atoms with Gasteiger partial charge in [-0.2, -0.15) is 4.98 Å². The fourth-order valence-electron chi connectivity index (χ4n) is 3.83. The number of carbonyl (C=O) groups is 1. The maximum Gasteiger partial charge on any atom is 0.253 e. The van der Waals surface area contributed by atoms with Gasteiger partial charge < -0.3 is 14.3 Å². The topological polar surface area (TPSA) is 62.5 Å². The highest BCUT2D eigenvalue weighted by Gasteiger charge is 2.20. The summed E-state index contributed by atoms with van der Waals surface area (Å²) in [6.45, 7) is 5.58. The molecule has 4 rings (SSSR count). The fraction of sp³-hybridized carbons (Fsp3) is 0.375. The molecule has 1 aliphatic rings. The summed E-state index contributed by atoms with van der Waals surface area (Å²) in [5, 5.41) is 3.97. The van der Waals surface area contributed by atoms with Crippen LogP contribution < -0.4 is 0 Å². The van der Waals surface area contributed by atoms with E-state index >= 15 is 0 Å². The highest BCUT2D eigenvalue weighted by molar-refractivity contribution is 5.94. The molecule has 32 heavy (non-hydrogen) atoms. The molecular weight excluding hydrogens is 414 g/mol. The molecule has 0 atom stereocenters. The number of nitrogens with zero attached hydrogens (tertiary/aromatic N) is 4. The van der Waals surface area contributed by atoms with E-state index in [9.17, 15) is 13.6 Å². The van der Waals surface area contributed by atoms with Crippen LogP contribution in [-0.2, 0) is 6.42 Å². The third kappa shape index (κ3) is 5.37. The van der Waals surface area contributed by atoms with Crippen LogP contribution in [-0.4, -0.2) is 58.6 Å². The molecule has 0 saturated carbocycles. The summed E-state index contributed by atoms with van der Waals surface area (Å²) in [4.78, 5) is 21.2. The van der Waals surface area contributed by atoms with Crippen LogP contribution in [0.5, 0.6) is 0 Å². The lowest BCUT2D eigenvalue weighted by Crippen LogP contribution is -2.35. The molecule has 3 aromatic rings. The first-order valence-electron chi connectivity index (χ1n) is 10.9. The Balaban J connectivity index is 1.25. The number of hydrogen-bond acceptors (Lipinski definition) is 5. The monoisotopic (exact) mass is 440 g/mol. The summed E-state index contributed by atoms with van der Waals surface area (Å²) in [7, 11) is 0. The number of aromatic nitrogens is 2. The molecule has 6 nitrogen and oxygen atoms in total. The lowest BCUT2D eigenvalue weighted by molar-refractivity contribution is 0.0761. The number of amides is 1. The Morgan fingerprint density at radius 1 is 1.06 bits per heavy atom. The Morgan fingerprint density at radius 2 is 1.88 bits per heavy atom. The molecule has 0 unspecified atom stereocenters. The Hall–Kier alpha value is -3.13. The minimum atomic E-state index is -0.344. The van der Waals surface area contributed by atoms with Crippen molar-refractivity contribution in [2.75, 3.05) is 32.7 Å². The zero-order valence-electron chi connectivity index (χ0n) is 18.1. The van der Waals surface area contributed by atoms with Gasteiger partial charge in [0.05, 0.1) is 0 Å². The number of halogens is 2. The molecule has 1 aliphatic heterocycles. The Morgan fingerprint density at radius 3 is 2.66 bits per heavy atom. The van der Waals surface area contributed by atoms with Crippen molar-refractivity contribution in [2.45, 2.75) is 26.2 Å². The molecule has 168 valence electrons. The van der Waals surface area contributed by atoms with Crippen molar-refractivity contribution in [3.8, 4) is 11.4 Å². The van der Waals surface area contributed by atoms with Crippen LogP contribution in [0.1, 0.15) is 34.7 Å². The average Bonchev–Trinajstić information content (AvgIpc) is 3.13. The first kappa shape index (κ1) is 22.1. The van der Waals surface area contributed by atoms with Gasteiger partial charge in [0.15, 0.2) is 0 Å². The summed E-state index contributed by atoms with van der Waals surface area (Å²) in [5.74, 6) is 0.232. The first-order chi connectivity index (χ1) is 15.5.